The fourth-order valence-electron chi connectivity index (χ4n) is 3.08. The number of benzene rings is 2. The van der Waals surface area contributed by atoms with Gasteiger partial charge in [-0.15, -0.1) is 0 Å². The summed E-state index contributed by atoms with van der Waals surface area (Å²) in [6.45, 7) is 3.17. The van der Waals surface area contributed by atoms with Crippen LogP contribution in [0.4, 0.5) is 0 Å². The summed E-state index contributed by atoms with van der Waals surface area (Å²) in [4.78, 5) is 12.3. The summed E-state index contributed by atoms with van der Waals surface area (Å²) >= 11 is 0. The topological polar surface area (TPSA) is 64.4 Å². The Bertz CT molecular complexity index is 932. The molecule has 26 heavy (non-hydrogen) atoms. The van der Waals surface area contributed by atoms with E-state index in [9.17, 15) is 4.79 Å². The summed E-state index contributed by atoms with van der Waals surface area (Å²) < 4.78 is 11.5. The lowest BCUT2D eigenvalue weighted by Gasteiger charge is -2.17. The van der Waals surface area contributed by atoms with Gasteiger partial charge in [-0.2, -0.15) is 0 Å². The fraction of sp³-hybridized carbons (Fsp3) is 0.238. The standard InChI is InChI=1S/C21H20N2O3/c1-2-3-11-22-21(24)15-9-10-18-16(12-15)19-17(13-25-18)20(26-23-19)14-7-5-4-6-8-14/h4-10,12H,2-3,11,13H2,1H3,(H,22,24). The third kappa shape index (κ3) is 2.96. The molecule has 0 saturated carbocycles. The van der Waals surface area contributed by atoms with E-state index in [4.69, 9.17) is 9.26 Å². The summed E-state index contributed by atoms with van der Waals surface area (Å²) in [5.74, 6) is 1.35. The molecule has 0 saturated heterocycles. The average Bonchev–Trinajstić information content (AvgIpc) is 3.13. The molecule has 2 heterocycles. The molecule has 1 aliphatic heterocycles. The van der Waals surface area contributed by atoms with E-state index in [0.29, 0.717) is 24.5 Å². The van der Waals surface area contributed by atoms with Crippen LogP contribution in [0.5, 0.6) is 5.75 Å². The molecular formula is C21H20N2O3. The zero-order valence-electron chi connectivity index (χ0n) is 14.6. The summed E-state index contributed by atoms with van der Waals surface area (Å²) in [5.41, 5.74) is 4.00. The summed E-state index contributed by atoms with van der Waals surface area (Å²) in [6.07, 6.45) is 2.01. The van der Waals surface area contributed by atoms with Crippen molar-refractivity contribution in [3.8, 4) is 28.3 Å². The second-order valence-electron chi connectivity index (χ2n) is 6.31. The normalized spacial score (nSPS) is 12.0. The molecule has 4 rings (SSSR count). The van der Waals surface area contributed by atoms with Crippen molar-refractivity contribution in [2.24, 2.45) is 0 Å². The largest absolute Gasteiger partial charge is 0.488 e. The second-order valence-corrected chi connectivity index (χ2v) is 6.31. The lowest BCUT2D eigenvalue weighted by molar-refractivity contribution is 0.0953. The Morgan fingerprint density at radius 3 is 2.85 bits per heavy atom. The van der Waals surface area contributed by atoms with E-state index >= 15 is 0 Å². The van der Waals surface area contributed by atoms with Crippen LogP contribution in [0.25, 0.3) is 22.6 Å². The number of carbonyl (C=O) groups is 1. The molecule has 2 aromatic carbocycles. The van der Waals surface area contributed by atoms with E-state index in [1.165, 1.54) is 0 Å². The minimum atomic E-state index is -0.0832. The number of ether oxygens (including phenoxy) is 1. The van der Waals surface area contributed by atoms with Crippen LogP contribution in [-0.4, -0.2) is 17.6 Å². The number of carbonyl (C=O) groups excluding carboxylic acids is 1. The molecule has 132 valence electrons. The van der Waals surface area contributed by atoms with Crippen molar-refractivity contribution in [2.75, 3.05) is 6.54 Å². The zero-order valence-corrected chi connectivity index (χ0v) is 14.6. The molecule has 0 unspecified atom stereocenters. The highest BCUT2D eigenvalue weighted by molar-refractivity contribution is 5.96. The van der Waals surface area contributed by atoms with Crippen molar-refractivity contribution in [3.63, 3.8) is 0 Å². The highest BCUT2D eigenvalue weighted by atomic mass is 16.5. The van der Waals surface area contributed by atoms with Crippen molar-refractivity contribution >= 4 is 5.91 Å². The van der Waals surface area contributed by atoms with Crippen LogP contribution >= 0.6 is 0 Å². The third-order valence-electron chi connectivity index (χ3n) is 4.51. The first kappa shape index (κ1) is 16.4. The van der Waals surface area contributed by atoms with Crippen LogP contribution in [0.15, 0.2) is 53.1 Å². The lowest BCUT2D eigenvalue weighted by atomic mass is 9.98. The molecule has 0 bridgehead atoms. The minimum Gasteiger partial charge on any atom is -0.488 e. The molecule has 0 fully saturated rings. The average molecular weight is 348 g/mol. The molecule has 0 atom stereocenters. The Hall–Kier alpha value is -3.08. The Morgan fingerprint density at radius 1 is 1.19 bits per heavy atom. The smallest absolute Gasteiger partial charge is 0.251 e. The Kier molecular flexibility index (Phi) is 4.44. The maximum atomic E-state index is 12.3. The monoisotopic (exact) mass is 348 g/mol. The van der Waals surface area contributed by atoms with E-state index in [-0.39, 0.29) is 5.91 Å². The fourth-order valence-corrected chi connectivity index (χ4v) is 3.08. The summed E-state index contributed by atoms with van der Waals surface area (Å²) in [6, 6.07) is 15.3. The highest BCUT2D eigenvalue weighted by Crippen LogP contribution is 2.41. The number of nitrogens with zero attached hydrogens (tertiary/aromatic N) is 1. The van der Waals surface area contributed by atoms with Gasteiger partial charge in [0.05, 0.1) is 5.56 Å². The van der Waals surface area contributed by atoms with Gasteiger partial charge in [-0.25, -0.2) is 0 Å². The SMILES string of the molecule is CCCCNC(=O)c1ccc2c(c1)-c1noc(-c3ccccc3)c1CO2. The first-order valence-corrected chi connectivity index (χ1v) is 8.87. The lowest BCUT2D eigenvalue weighted by Crippen LogP contribution is -2.24. The molecule has 1 aromatic heterocycles. The maximum Gasteiger partial charge on any atom is 0.251 e. The van der Waals surface area contributed by atoms with Gasteiger partial charge in [-0.1, -0.05) is 48.8 Å². The van der Waals surface area contributed by atoms with Gasteiger partial charge in [-0.05, 0) is 24.6 Å². The first-order chi connectivity index (χ1) is 12.8. The second kappa shape index (κ2) is 7.04. The van der Waals surface area contributed by atoms with Crippen LogP contribution in [0.3, 0.4) is 0 Å². The Morgan fingerprint density at radius 2 is 2.04 bits per heavy atom. The van der Waals surface area contributed by atoms with E-state index in [0.717, 1.165) is 41.0 Å². The predicted octanol–water partition coefficient (Wildman–Crippen LogP) is 4.43. The van der Waals surface area contributed by atoms with Crippen LogP contribution in [0.2, 0.25) is 0 Å². The van der Waals surface area contributed by atoms with Gasteiger partial charge in [-0.3, -0.25) is 4.79 Å². The molecular weight excluding hydrogens is 328 g/mol. The number of hydrogen-bond acceptors (Lipinski definition) is 4. The van der Waals surface area contributed by atoms with Crippen molar-refractivity contribution in [1.29, 1.82) is 0 Å². The van der Waals surface area contributed by atoms with Crippen LogP contribution in [0, 0.1) is 0 Å². The number of hydrogen-bond donors (Lipinski definition) is 1. The Balaban J connectivity index is 1.68. The molecule has 1 amide bonds. The minimum absolute atomic E-state index is 0.0832. The van der Waals surface area contributed by atoms with Crippen LogP contribution < -0.4 is 10.1 Å². The highest BCUT2D eigenvalue weighted by Gasteiger charge is 2.26. The third-order valence-corrected chi connectivity index (χ3v) is 4.51. The number of fused-ring (bicyclic) bond motifs is 3. The van der Waals surface area contributed by atoms with Gasteiger partial charge in [0.15, 0.2) is 5.76 Å². The van der Waals surface area contributed by atoms with Gasteiger partial charge in [0.2, 0.25) is 0 Å². The van der Waals surface area contributed by atoms with Crippen molar-refractivity contribution in [2.45, 2.75) is 26.4 Å². The molecule has 1 N–H and O–H groups in total. The van der Waals surface area contributed by atoms with Gasteiger partial charge in [0.25, 0.3) is 5.91 Å². The maximum absolute atomic E-state index is 12.3. The first-order valence-electron chi connectivity index (χ1n) is 8.87. The predicted molar refractivity (Wildman–Crippen MR) is 98.9 cm³/mol. The van der Waals surface area contributed by atoms with Gasteiger partial charge in [0, 0.05) is 23.2 Å². The van der Waals surface area contributed by atoms with Crippen molar-refractivity contribution in [3.05, 3.63) is 59.7 Å². The van der Waals surface area contributed by atoms with Crippen molar-refractivity contribution in [1.82, 2.24) is 10.5 Å². The zero-order chi connectivity index (χ0) is 17.9. The molecule has 0 radical (unpaired) electrons. The van der Waals surface area contributed by atoms with Crippen LogP contribution in [0.1, 0.15) is 35.7 Å². The number of nitrogens with one attached hydrogen (secondary N) is 1. The Labute approximate surface area is 152 Å². The summed E-state index contributed by atoms with van der Waals surface area (Å²) in [7, 11) is 0. The van der Waals surface area contributed by atoms with Gasteiger partial charge in [0.1, 0.15) is 18.1 Å². The van der Waals surface area contributed by atoms with Crippen molar-refractivity contribution < 1.29 is 14.1 Å². The van der Waals surface area contributed by atoms with E-state index in [2.05, 4.69) is 17.4 Å². The quantitative estimate of drug-likeness (QED) is 0.693. The van der Waals surface area contributed by atoms with Gasteiger partial charge >= 0.3 is 0 Å². The molecule has 3 aromatic rings. The summed E-state index contributed by atoms with van der Waals surface area (Å²) in [5, 5.41) is 7.20. The van der Waals surface area contributed by atoms with E-state index in [1.54, 1.807) is 6.07 Å². The molecule has 5 heteroatoms. The number of unbranched alkanes of at least 4 members (excludes halogenated alkanes) is 1. The molecule has 0 aliphatic carbocycles. The number of aromatic nitrogens is 1. The van der Waals surface area contributed by atoms with E-state index < -0.39 is 0 Å². The van der Waals surface area contributed by atoms with E-state index in [1.807, 2.05) is 42.5 Å². The van der Waals surface area contributed by atoms with Gasteiger partial charge < -0.3 is 14.6 Å². The molecule has 0 spiro atoms. The van der Waals surface area contributed by atoms with Crippen LogP contribution in [-0.2, 0) is 6.61 Å². The number of rotatable bonds is 5. The molecule has 1 aliphatic rings. The number of amides is 1. The molecule has 5 nitrogen and oxygen atoms in total.